The first-order valence-electron chi connectivity index (χ1n) is 5.88. The lowest BCUT2D eigenvalue weighted by molar-refractivity contribution is 0.495. The van der Waals surface area contributed by atoms with Gasteiger partial charge in [0.2, 0.25) is 0 Å². The number of thiophene rings is 1. The zero-order valence-electron chi connectivity index (χ0n) is 10.7. The van der Waals surface area contributed by atoms with Gasteiger partial charge in [0.1, 0.15) is 0 Å². The number of hydrogen-bond acceptors (Lipinski definition) is 2. The highest BCUT2D eigenvalue weighted by Gasteiger charge is 2.22. The third-order valence-corrected chi connectivity index (χ3v) is 4.16. The van der Waals surface area contributed by atoms with Crippen LogP contribution in [0.2, 0.25) is 0 Å². The second-order valence-corrected chi connectivity index (χ2v) is 6.00. The smallest absolute Gasteiger partial charge is 0.0429 e. The molecule has 2 heteroatoms. The Labute approximate surface area is 107 Å². The minimum atomic E-state index is -0.288. The summed E-state index contributed by atoms with van der Waals surface area (Å²) in [6, 6.07) is 10.7. The van der Waals surface area contributed by atoms with Gasteiger partial charge in [-0.1, -0.05) is 24.3 Å². The highest BCUT2D eigenvalue weighted by atomic mass is 32.1. The summed E-state index contributed by atoms with van der Waals surface area (Å²) in [6.45, 7) is 6.38. The predicted octanol–water partition coefficient (Wildman–Crippen LogP) is 3.78. The Hall–Kier alpha value is -1.12. The maximum absolute atomic E-state index is 6.45. The van der Waals surface area contributed by atoms with E-state index in [1.54, 1.807) is 11.3 Å². The Bertz CT molecular complexity index is 498. The van der Waals surface area contributed by atoms with Gasteiger partial charge >= 0.3 is 0 Å². The topological polar surface area (TPSA) is 26.0 Å². The summed E-state index contributed by atoms with van der Waals surface area (Å²) in [5, 5.41) is 2.10. The normalized spacial score (nSPS) is 14.6. The number of rotatable bonds is 3. The highest BCUT2D eigenvalue weighted by Crippen LogP contribution is 2.26. The molecule has 2 N–H and O–H groups in total. The molecule has 0 aliphatic heterocycles. The zero-order chi connectivity index (χ0) is 12.5. The lowest BCUT2D eigenvalue weighted by Gasteiger charge is -2.25. The maximum atomic E-state index is 6.45. The molecule has 90 valence electrons. The average Bonchev–Trinajstić information content (AvgIpc) is 2.73. The molecule has 2 rings (SSSR count). The van der Waals surface area contributed by atoms with Gasteiger partial charge in [0.15, 0.2) is 0 Å². The van der Waals surface area contributed by atoms with E-state index in [4.69, 9.17) is 5.73 Å². The molecule has 0 saturated heterocycles. The van der Waals surface area contributed by atoms with Crippen LogP contribution in [-0.4, -0.2) is 0 Å². The third kappa shape index (κ3) is 2.76. The van der Waals surface area contributed by atoms with E-state index >= 15 is 0 Å². The molecule has 1 nitrogen and oxygen atoms in total. The molecular formula is C15H19NS. The number of aryl methyl sites for hydroxylation is 2. The largest absolute Gasteiger partial charge is 0.321 e. The maximum Gasteiger partial charge on any atom is 0.0429 e. The number of nitrogens with two attached hydrogens (primary N) is 1. The van der Waals surface area contributed by atoms with E-state index in [0.717, 1.165) is 6.42 Å². The lowest BCUT2D eigenvalue weighted by atomic mass is 9.87. The van der Waals surface area contributed by atoms with Crippen molar-refractivity contribution in [3.8, 4) is 0 Å². The lowest BCUT2D eigenvalue weighted by Crippen LogP contribution is -2.35. The quantitative estimate of drug-likeness (QED) is 0.875. The number of hydrogen-bond donors (Lipinski definition) is 1. The van der Waals surface area contributed by atoms with E-state index in [0.29, 0.717) is 0 Å². The van der Waals surface area contributed by atoms with E-state index in [9.17, 15) is 0 Å². The summed E-state index contributed by atoms with van der Waals surface area (Å²) >= 11 is 1.77. The van der Waals surface area contributed by atoms with Gasteiger partial charge in [-0.2, -0.15) is 0 Å². The average molecular weight is 245 g/mol. The molecule has 0 amide bonds. The van der Waals surface area contributed by atoms with Gasteiger partial charge in [0.25, 0.3) is 0 Å². The van der Waals surface area contributed by atoms with Crippen molar-refractivity contribution in [3.63, 3.8) is 0 Å². The van der Waals surface area contributed by atoms with Crippen LogP contribution in [0.3, 0.4) is 0 Å². The molecule has 0 bridgehead atoms. The first kappa shape index (κ1) is 12.3. The van der Waals surface area contributed by atoms with E-state index in [1.807, 2.05) is 0 Å². The summed E-state index contributed by atoms with van der Waals surface area (Å²) in [5.74, 6) is 0. The molecule has 0 spiro atoms. The van der Waals surface area contributed by atoms with Gasteiger partial charge in [-0.25, -0.2) is 0 Å². The Morgan fingerprint density at radius 2 is 1.94 bits per heavy atom. The van der Waals surface area contributed by atoms with E-state index in [-0.39, 0.29) is 5.54 Å². The molecule has 0 aliphatic carbocycles. The molecule has 1 atom stereocenters. The summed E-state index contributed by atoms with van der Waals surface area (Å²) in [4.78, 5) is 1.34. The summed E-state index contributed by atoms with van der Waals surface area (Å²) in [6.07, 6.45) is 0.896. The fourth-order valence-corrected chi connectivity index (χ4v) is 2.85. The van der Waals surface area contributed by atoms with Crippen LogP contribution in [0.5, 0.6) is 0 Å². The Kier molecular flexibility index (Phi) is 3.36. The van der Waals surface area contributed by atoms with Crippen LogP contribution in [-0.2, 0) is 12.0 Å². The van der Waals surface area contributed by atoms with Crippen molar-refractivity contribution in [2.75, 3.05) is 0 Å². The van der Waals surface area contributed by atoms with Crippen molar-refractivity contribution in [1.82, 2.24) is 0 Å². The molecule has 2 aromatic rings. The molecule has 1 heterocycles. The monoisotopic (exact) mass is 245 g/mol. The van der Waals surface area contributed by atoms with Gasteiger partial charge in [-0.3, -0.25) is 0 Å². The molecule has 1 aromatic heterocycles. The van der Waals surface area contributed by atoms with Gasteiger partial charge < -0.3 is 5.73 Å². The molecule has 0 radical (unpaired) electrons. The van der Waals surface area contributed by atoms with Gasteiger partial charge in [0, 0.05) is 16.8 Å². The Morgan fingerprint density at radius 3 is 2.53 bits per heavy atom. The molecule has 0 saturated carbocycles. The highest BCUT2D eigenvalue weighted by molar-refractivity contribution is 7.09. The predicted molar refractivity (Wildman–Crippen MR) is 75.5 cm³/mol. The molecule has 17 heavy (non-hydrogen) atoms. The first-order chi connectivity index (χ1) is 7.99. The standard InChI is InChI=1S/C15H19NS/c1-11-6-7-13(9-12(11)2)15(3,16)10-14-5-4-8-17-14/h4-9H,10,16H2,1-3H3. The zero-order valence-corrected chi connectivity index (χ0v) is 11.5. The second-order valence-electron chi connectivity index (χ2n) is 4.97. The van der Waals surface area contributed by atoms with Crippen LogP contribution >= 0.6 is 11.3 Å². The summed E-state index contributed by atoms with van der Waals surface area (Å²) in [5.41, 5.74) is 10.0. The molecular weight excluding hydrogens is 226 g/mol. The van der Waals surface area contributed by atoms with Crippen molar-refractivity contribution < 1.29 is 0 Å². The third-order valence-electron chi connectivity index (χ3n) is 3.29. The fourth-order valence-electron chi connectivity index (χ4n) is 1.97. The van der Waals surface area contributed by atoms with Gasteiger partial charge in [-0.15, -0.1) is 11.3 Å². The minimum Gasteiger partial charge on any atom is -0.321 e. The van der Waals surface area contributed by atoms with Crippen molar-refractivity contribution in [3.05, 3.63) is 57.3 Å². The molecule has 0 fully saturated rings. The summed E-state index contributed by atoms with van der Waals surface area (Å²) < 4.78 is 0. The van der Waals surface area contributed by atoms with Gasteiger partial charge in [0.05, 0.1) is 0 Å². The number of benzene rings is 1. The van der Waals surface area contributed by atoms with E-state index < -0.39 is 0 Å². The van der Waals surface area contributed by atoms with Crippen LogP contribution in [0.15, 0.2) is 35.7 Å². The van der Waals surface area contributed by atoms with Crippen LogP contribution in [0, 0.1) is 13.8 Å². The first-order valence-corrected chi connectivity index (χ1v) is 6.76. The van der Waals surface area contributed by atoms with Crippen LogP contribution in [0.1, 0.15) is 28.5 Å². The van der Waals surface area contributed by atoms with Crippen LogP contribution < -0.4 is 5.73 Å². The van der Waals surface area contributed by atoms with Crippen molar-refractivity contribution >= 4 is 11.3 Å². The molecule has 1 unspecified atom stereocenters. The van der Waals surface area contributed by atoms with E-state index in [1.165, 1.54) is 21.6 Å². The van der Waals surface area contributed by atoms with Crippen molar-refractivity contribution in [2.24, 2.45) is 5.73 Å². The van der Waals surface area contributed by atoms with Crippen molar-refractivity contribution in [2.45, 2.75) is 32.7 Å². The fraction of sp³-hybridized carbons (Fsp3) is 0.333. The SMILES string of the molecule is Cc1ccc(C(C)(N)Cc2cccs2)cc1C. The van der Waals surface area contributed by atoms with Crippen molar-refractivity contribution in [1.29, 1.82) is 0 Å². The van der Waals surface area contributed by atoms with Crippen LogP contribution in [0.25, 0.3) is 0 Å². The Morgan fingerprint density at radius 1 is 1.18 bits per heavy atom. The van der Waals surface area contributed by atoms with Gasteiger partial charge in [-0.05, 0) is 48.9 Å². The molecule has 0 aliphatic rings. The second kappa shape index (κ2) is 4.63. The van der Waals surface area contributed by atoms with E-state index in [2.05, 4.69) is 56.5 Å². The Balaban J connectivity index is 2.27. The van der Waals surface area contributed by atoms with Crippen LogP contribution in [0.4, 0.5) is 0 Å². The molecule has 1 aromatic carbocycles. The minimum absolute atomic E-state index is 0.288. The summed E-state index contributed by atoms with van der Waals surface area (Å²) in [7, 11) is 0.